The molecule has 4 nitrogen and oxygen atoms in total. The molecule has 1 aliphatic rings. The molecule has 1 atom stereocenters. The summed E-state index contributed by atoms with van der Waals surface area (Å²) in [6, 6.07) is 5.36. The van der Waals surface area contributed by atoms with Crippen LogP contribution < -0.4 is 4.74 Å². The molecule has 18 heavy (non-hydrogen) atoms. The second-order valence-corrected chi connectivity index (χ2v) is 4.02. The zero-order chi connectivity index (χ0) is 12.6. The fourth-order valence-electron chi connectivity index (χ4n) is 1.74. The van der Waals surface area contributed by atoms with Gasteiger partial charge < -0.3 is 14.2 Å². The van der Waals surface area contributed by atoms with Crippen molar-refractivity contribution in [2.45, 2.75) is 25.6 Å². The van der Waals surface area contributed by atoms with E-state index in [-0.39, 0.29) is 6.29 Å². The smallest absolute Gasteiger partial charge is 0.214 e. The van der Waals surface area contributed by atoms with E-state index in [0.29, 0.717) is 24.8 Å². The number of pyridine rings is 1. The molecule has 1 aromatic rings. The molecular formula is C14H17NO3. The lowest BCUT2D eigenvalue weighted by Gasteiger charge is -2.22. The van der Waals surface area contributed by atoms with E-state index in [1.54, 1.807) is 12.1 Å². The van der Waals surface area contributed by atoms with Gasteiger partial charge >= 0.3 is 0 Å². The lowest BCUT2D eigenvalue weighted by molar-refractivity contribution is -0.165. The second kappa shape index (κ2) is 7.00. The molecule has 1 aliphatic heterocycles. The molecule has 96 valence electrons. The summed E-state index contributed by atoms with van der Waals surface area (Å²) in [5, 5.41) is 0. The van der Waals surface area contributed by atoms with Crippen LogP contribution >= 0.6 is 0 Å². The predicted octanol–water partition coefficient (Wildman–Crippen LogP) is 1.98. The molecule has 0 radical (unpaired) electrons. The molecule has 2 heterocycles. The van der Waals surface area contributed by atoms with Crippen LogP contribution in [0.1, 0.15) is 25.0 Å². The minimum Gasteiger partial charge on any atom is -0.475 e. The molecule has 0 amide bonds. The average molecular weight is 247 g/mol. The highest BCUT2D eigenvalue weighted by Gasteiger charge is 2.13. The Morgan fingerprint density at radius 3 is 3.11 bits per heavy atom. The molecule has 1 unspecified atom stereocenters. The van der Waals surface area contributed by atoms with E-state index in [1.165, 1.54) is 0 Å². The second-order valence-electron chi connectivity index (χ2n) is 4.02. The maximum atomic E-state index is 5.55. The van der Waals surface area contributed by atoms with Gasteiger partial charge in [-0.15, -0.1) is 6.42 Å². The Hall–Kier alpha value is -1.57. The molecule has 0 bridgehead atoms. The molecule has 1 saturated heterocycles. The highest BCUT2D eigenvalue weighted by Crippen LogP contribution is 2.13. The van der Waals surface area contributed by atoms with E-state index in [1.807, 2.05) is 6.07 Å². The summed E-state index contributed by atoms with van der Waals surface area (Å²) >= 11 is 0. The standard InChI is InChI=1S/C14H17NO3/c1-2-12-6-5-7-13(15-12)16-10-11-18-14-8-3-4-9-17-14/h1,5-7,14H,3-4,8-11H2. The van der Waals surface area contributed by atoms with Crippen molar-refractivity contribution in [3.8, 4) is 18.2 Å². The summed E-state index contributed by atoms with van der Waals surface area (Å²) in [6.07, 6.45) is 8.44. The molecule has 1 aromatic heterocycles. The topological polar surface area (TPSA) is 40.6 Å². The van der Waals surface area contributed by atoms with Crippen molar-refractivity contribution in [3.05, 3.63) is 23.9 Å². The maximum absolute atomic E-state index is 5.55. The number of rotatable bonds is 5. The van der Waals surface area contributed by atoms with Crippen molar-refractivity contribution in [2.75, 3.05) is 19.8 Å². The van der Waals surface area contributed by atoms with Crippen LogP contribution in [0.5, 0.6) is 5.88 Å². The first-order valence-corrected chi connectivity index (χ1v) is 6.18. The summed E-state index contributed by atoms with van der Waals surface area (Å²) in [4.78, 5) is 4.13. The van der Waals surface area contributed by atoms with E-state index in [4.69, 9.17) is 20.6 Å². The third-order valence-corrected chi connectivity index (χ3v) is 2.65. The number of hydrogen-bond acceptors (Lipinski definition) is 4. The Balaban J connectivity index is 1.67. The van der Waals surface area contributed by atoms with E-state index >= 15 is 0 Å². The summed E-state index contributed by atoms with van der Waals surface area (Å²) in [6.45, 7) is 1.73. The SMILES string of the molecule is C#Cc1cccc(OCCOC2CCCCO2)n1. The molecule has 0 aliphatic carbocycles. The van der Waals surface area contributed by atoms with Gasteiger partial charge in [-0.1, -0.05) is 12.0 Å². The van der Waals surface area contributed by atoms with Crippen molar-refractivity contribution in [3.63, 3.8) is 0 Å². The number of aromatic nitrogens is 1. The van der Waals surface area contributed by atoms with Crippen LogP contribution in [0.15, 0.2) is 18.2 Å². The number of nitrogens with zero attached hydrogens (tertiary/aromatic N) is 1. The average Bonchev–Trinajstić information content (AvgIpc) is 2.45. The van der Waals surface area contributed by atoms with E-state index in [0.717, 1.165) is 25.9 Å². The van der Waals surface area contributed by atoms with Crippen LogP contribution in [0.2, 0.25) is 0 Å². The van der Waals surface area contributed by atoms with Gasteiger partial charge in [0.25, 0.3) is 0 Å². The Bertz CT molecular complexity index is 408. The zero-order valence-corrected chi connectivity index (χ0v) is 10.3. The lowest BCUT2D eigenvalue weighted by atomic mass is 10.2. The van der Waals surface area contributed by atoms with Crippen molar-refractivity contribution >= 4 is 0 Å². The third kappa shape index (κ3) is 4.02. The number of hydrogen-bond donors (Lipinski definition) is 0. The van der Waals surface area contributed by atoms with Gasteiger partial charge in [-0.25, -0.2) is 4.98 Å². The summed E-state index contributed by atoms with van der Waals surface area (Å²) in [5.41, 5.74) is 0.573. The fourth-order valence-corrected chi connectivity index (χ4v) is 1.74. The maximum Gasteiger partial charge on any atom is 0.214 e. The Kier molecular flexibility index (Phi) is 5.00. The largest absolute Gasteiger partial charge is 0.475 e. The summed E-state index contributed by atoms with van der Waals surface area (Å²) in [5.74, 6) is 2.99. The van der Waals surface area contributed by atoms with Crippen LogP contribution in [0, 0.1) is 12.3 Å². The van der Waals surface area contributed by atoms with Crippen molar-refractivity contribution in [1.29, 1.82) is 0 Å². The minimum atomic E-state index is -0.0765. The molecule has 4 heteroatoms. The Labute approximate surface area is 107 Å². The first-order chi connectivity index (χ1) is 8.88. The normalized spacial score (nSPS) is 19.2. The molecule has 0 spiro atoms. The van der Waals surface area contributed by atoms with Crippen LogP contribution in [0.3, 0.4) is 0 Å². The monoisotopic (exact) mass is 247 g/mol. The summed E-state index contributed by atoms with van der Waals surface area (Å²) < 4.78 is 16.4. The van der Waals surface area contributed by atoms with Crippen molar-refractivity contribution in [1.82, 2.24) is 4.98 Å². The third-order valence-electron chi connectivity index (χ3n) is 2.65. The molecular weight excluding hydrogens is 230 g/mol. The quantitative estimate of drug-likeness (QED) is 0.589. The van der Waals surface area contributed by atoms with Gasteiger partial charge in [-0.3, -0.25) is 0 Å². The Morgan fingerprint density at radius 1 is 1.39 bits per heavy atom. The minimum absolute atomic E-state index is 0.0765. The van der Waals surface area contributed by atoms with Gasteiger partial charge in [-0.2, -0.15) is 0 Å². The number of ether oxygens (including phenoxy) is 3. The molecule has 0 aromatic carbocycles. The molecule has 1 fully saturated rings. The highest BCUT2D eigenvalue weighted by atomic mass is 16.7. The predicted molar refractivity (Wildman–Crippen MR) is 67.2 cm³/mol. The molecule has 0 saturated carbocycles. The lowest BCUT2D eigenvalue weighted by Crippen LogP contribution is -2.24. The fraction of sp³-hybridized carbons (Fsp3) is 0.500. The van der Waals surface area contributed by atoms with Gasteiger partial charge in [0.15, 0.2) is 6.29 Å². The van der Waals surface area contributed by atoms with Crippen molar-refractivity contribution in [2.24, 2.45) is 0 Å². The van der Waals surface area contributed by atoms with Gasteiger partial charge in [0.1, 0.15) is 12.3 Å². The van der Waals surface area contributed by atoms with Gasteiger partial charge in [0.2, 0.25) is 5.88 Å². The molecule has 0 N–H and O–H groups in total. The summed E-state index contributed by atoms with van der Waals surface area (Å²) in [7, 11) is 0. The van der Waals surface area contributed by atoms with Gasteiger partial charge in [0, 0.05) is 12.7 Å². The Morgan fingerprint density at radius 2 is 2.33 bits per heavy atom. The van der Waals surface area contributed by atoms with Crippen LogP contribution in [0.25, 0.3) is 0 Å². The van der Waals surface area contributed by atoms with Crippen molar-refractivity contribution < 1.29 is 14.2 Å². The molecule has 2 rings (SSSR count). The van der Waals surface area contributed by atoms with Gasteiger partial charge in [0.05, 0.1) is 6.61 Å². The number of terminal acetylenes is 1. The zero-order valence-electron chi connectivity index (χ0n) is 10.3. The van der Waals surface area contributed by atoms with Crippen LogP contribution in [-0.2, 0) is 9.47 Å². The van der Waals surface area contributed by atoms with Crippen LogP contribution in [0.4, 0.5) is 0 Å². The highest BCUT2D eigenvalue weighted by molar-refractivity contribution is 5.27. The first kappa shape index (κ1) is 12.9. The van der Waals surface area contributed by atoms with E-state index < -0.39 is 0 Å². The van der Waals surface area contributed by atoms with Gasteiger partial charge in [-0.05, 0) is 25.3 Å². The van der Waals surface area contributed by atoms with E-state index in [9.17, 15) is 0 Å². The van der Waals surface area contributed by atoms with E-state index in [2.05, 4.69) is 10.9 Å². The first-order valence-electron chi connectivity index (χ1n) is 6.18. The van der Waals surface area contributed by atoms with Crippen LogP contribution in [-0.4, -0.2) is 31.1 Å².